The van der Waals surface area contributed by atoms with Crippen LogP contribution in [0.3, 0.4) is 0 Å². The van der Waals surface area contributed by atoms with Gasteiger partial charge in [0.15, 0.2) is 0 Å². The molecule has 2 aromatic rings. The van der Waals surface area contributed by atoms with Crippen LogP contribution in [0.1, 0.15) is 21.9 Å². The van der Waals surface area contributed by atoms with Crippen LogP contribution in [0, 0.1) is 17.4 Å². The number of anilines is 1. The highest BCUT2D eigenvalue weighted by molar-refractivity contribution is 14.1. The summed E-state index contributed by atoms with van der Waals surface area (Å²) < 4.78 is 1.13. The van der Waals surface area contributed by atoms with E-state index < -0.39 is 0 Å². The molecular formula is C13H12IN3O. The molecule has 4 nitrogen and oxygen atoms in total. The average Bonchev–Trinajstić information content (AvgIpc) is 2.32. The van der Waals surface area contributed by atoms with Crippen LogP contribution >= 0.6 is 22.6 Å². The summed E-state index contributed by atoms with van der Waals surface area (Å²) in [7, 11) is 0. The van der Waals surface area contributed by atoms with E-state index >= 15 is 0 Å². The summed E-state index contributed by atoms with van der Waals surface area (Å²) in [6.45, 7) is 3.60. The quantitative estimate of drug-likeness (QED) is 0.845. The Morgan fingerprint density at radius 2 is 1.89 bits per heavy atom. The molecule has 0 aliphatic carbocycles. The molecule has 0 fully saturated rings. The summed E-state index contributed by atoms with van der Waals surface area (Å²) in [5, 5.41) is 2.82. The van der Waals surface area contributed by atoms with Crippen LogP contribution in [0.5, 0.6) is 0 Å². The van der Waals surface area contributed by atoms with Gasteiger partial charge >= 0.3 is 0 Å². The zero-order valence-electron chi connectivity index (χ0n) is 10.1. The smallest absolute Gasteiger partial charge is 0.259 e. The van der Waals surface area contributed by atoms with Gasteiger partial charge in [-0.1, -0.05) is 0 Å². The molecule has 0 aliphatic heterocycles. The van der Waals surface area contributed by atoms with Gasteiger partial charge in [0.1, 0.15) is 5.82 Å². The number of carbonyl (C=O) groups excluding carboxylic acids is 1. The highest BCUT2D eigenvalue weighted by Gasteiger charge is 2.10. The van der Waals surface area contributed by atoms with E-state index in [1.165, 1.54) is 0 Å². The summed E-state index contributed by atoms with van der Waals surface area (Å²) in [6.07, 6.45) is 1.56. The van der Waals surface area contributed by atoms with Crippen LogP contribution < -0.4 is 5.32 Å². The van der Waals surface area contributed by atoms with Gasteiger partial charge in [-0.15, -0.1) is 0 Å². The fourth-order valence-corrected chi connectivity index (χ4v) is 1.90. The van der Waals surface area contributed by atoms with Gasteiger partial charge in [-0.05, 0) is 60.7 Å². The first-order chi connectivity index (χ1) is 8.56. The van der Waals surface area contributed by atoms with Crippen LogP contribution in [-0.4, -0.2) is 15.9 Å². The Morgan fingerprint density at radius 3 is 2.50 bits per heavy atom. The third-order valence-corrected chi connectivity index (χ3v) is 3.17. The molecule has 0 unspecified atom stereocenters. The molecule has 1 amide bonds. The summed E-state index contributed by atoms with van der Waals surface area (Å²) in [6, 6.07) is 7.61. The summed E-state index contributed by atoms with van der Waals surface area (Å²) in [5.74, 6) is 0.479. The average molecular weight is 353 g/mol. The van der Waals surface area contributed by atoms with Crippen LogP contribution in [-0.2, 0) is 0 Å². The fourth-order valence-electron chi connectivity index (χ4n) is 1.54. The topological polar surface area (TPSA) is 54.9 Å². The van der Waals surface area contributed by atoms with Crippen molar-refractivity contribution in [3.8, 4) is 0 Å². The molecule has 18 heavy (non-hydrogen) atoms. The zero-order chi connectivity index (χ0) is 13.1. The number of hydrogen-bond acceptors (Lipinski definition) is 3. The summed E-state index contributed by atoms with van der Waals surface area (Å²) in [5.41, 5.74) is 1.95. The maximum absolute atomic E-state index is 12.0. The SMILES string of the molecule is Cc1ncc(C(=O)Nc2ccc(I)cc2)c(C)n1. The van der Waals surface area contributed by atoms with Crippen molar-refractivity contribution >= 4 is 34.2 Å². The first kappa shape index (κ1) is 12.9. The van der Waals surface area contributed by atoms with Gasteiger partial charge in [-0.2, -0.15) is 0 Å². The number of carbonyl (C=O) groups is 1. The van der Waals surface area contributed by atoms with Crippen molar-refractivity contribution in [3.63, 3.8) is 0 Å². The molecule has 0 saturated heterocycles. The molecule has 92 valence electrons. The van der Waals surface area contributed by atoms with Gasteiger partial charge in [0, 0.05) is 15.5 Å². The maximum atomic E-state index is 12.0. The van der Waals surface area contributed by atoms with Crippen molar-refractivity contribution in [2.45, 2.75) is 13.8 Å². The Balaban J connectivity index is 2.19. The number of nitrogens with one attached hydrogen (secondary N) is 1. The van der Waals surface area contributed by atoms with Gasteiger partial charge < -0.3 is 5.32 Å². The fraction of sp³-hybridized carbons (Fsp3) is 0.154. The van der Waals surface area contributed by atoms with E-state index in [9.17, 15) is 4.79 Å². The Hall–Kier alpha value is -1.50. The van der Waals surface area contributed by atoms with E-state index in [4.69, 9.17) is 0 Å². The lowest BCUT2D eigenvalue weighted by atomic mass is 10.2. The van der Waals surface area contributed by atoms with Gasteiger partial charge in [-0.3, -0.25) is 4.79 Å². The third-order valence-electron chi connectivity index (χ3n) is 2.45. The van der Waals surface area contributed by atoms with Crippen molar-refractivity contribution in [3.05, 3.63) is 51.1 Å². The molecule has 0 aliphatic rings. The van der Waals surface area contributed by atoms with Crippen molar-refractivity contribution in [2.24, 2.45) is 0 Å². The molecule has 0 bridgehead atoms. The van der Waals surface area contributed by atoms with Gasteiger partial charge in [0.05, 0.1) is 11.3 Å². The Labute approximate surface area is 119 Å². The van der Waals surface area contributed by atoms with E-state index in [0.29, 0.717) is 17.1 Å². The molecule has 1 heterocycles. The monoisotopic (exact) mass is 353 g/mol. The maximum Gasteiger partial charge on any atom is 0.259 e. The van der Waals surface area contributed by atoms with E-state index in [-0.39, 0.29) is 5.91 Å². The minimum absolute atomic E-state index is 0.186. The first-order valence-corrected chi connectivity index (χ1v) is 6.51. The molecule has 0 saturated carbocycles. The Kier molecular flexibility index (Phi) is 3.90. The van der Waals surface area contributed by atoms with Crippen molar-refractivity contribution in [1.29, 1.82) is 0 Å². The van der Waals surface area contributed by atoms with Crippen molar-refractivity contribution in [1.82, 2.24) is 9.97 Å². The number of aromatic nitrogens is 2. The van der Waals surface area contributed by atoms with Gasteiger partial charge in [-0.25, -0.2) is 9.97 Å². The molecule has 0 spiro atoms. The van der Waals surface area contributed by atoms with Crippen molar-refractivity contribution < 1.29 is 4.79 Å². The third kappa shape index (κ3) is 3.04. The van der Waals surface area contributed by atoms with Gasteiger partial charge in [0.2, 0.25) is 0 Å². The predicted molar refractivity (Wildman–Crippen MR) is 78.6 cm³/mol. The Bertz CT molecular complexity index is 581. The molecule has 2 rings (SSSR count). The number of aryl methyl sites for hydroxylation is 2. The second kappa shape index (κ2) is 5.43. The number of amides is 1. The molecule has 0 atom stereocenters. The van der Waals surface area contributed by atoms with E-state index in [1.807, 2.05) is 24.3 Å². The van der Waals surface area contributed by atoms with Crippen molar-refractivity contribution in [2.75, 3.05) is 5.32 Å². The van der Waals surface area contributed by atoms with E-state index in [1.54, 1.807) is 20.0 Å². The Morgan fingerprint density at radius 1 is 1.22 bits per heavy atom. The molecule has 0 radical (unpaired) electrons. The predicted octanol–water partition coefficient (Wildman–Crippen LogP) is 2.95. The largest absolute Gasteiger partial charge is 0.322 e. The van der Waals surface area contributed by atoms with E-state index in [0.717, 1.165) is 9.26 Å². The lowest BCUT2D eigenvalue weighted by Gasteiger charge is -2.07. The number of rotatable bonds is 2. The first-order valence-electron chi connectivity index (χ1n) is 5.43. The number of benzene rings is 1. The van der Waals surface area contributed by atoms with Gasteiger partial charge in [0.25, 0.3) is 5.91 Å². The summed E-state index contributed by atoms with van der Waals surface area (Å²) >= 11 is 2.22. The van der Waals surface area contributed by atoms with Crippen LogP contribution in [0.25, 0.3) is 0 Å². The standard InChI is InChI=1S/C13H12IN3O/c1-8-12(7-15-9(2)16-8)13(18)17-11-5-3-10(14)4-6-11/h3-7H,1-2H3,(H,17,18). The normalized spacial score (nSPS) is 10.2. The van der Waals surface area contributed by atoms with Crippen LogP contribution in [0.15, 0.2) is 30.5 Å². The number of nitrogens with zero attached hydrogens (tertiary/aromatic N) is 2. The minimum atomic E-state index is -0.186. The second-order valence-corrected chi connectivity index (χ2v) is 5.12. The highest BCUT2D eigenvalue weighted by Crippen LogP contribution is 2.13. The molecule has 1 aromatic carbocycles. The lowest BCUT2D eigenvalue weighted by Crippen LogP contribution is -2.15. The van der Waals surface area contributed by atoms with Crippen LogP contribution in [0.4, 0.5) is 5.69 Å². The molecule has 1 N–H and O–H groups in total. The molecular weight excluding hydrogens is 341 g/mol. The summed E-state index contributed by atoms with van der Waals surface area (Å²) in [4.78, 5) is 20.3. The highest BCUT2D eigenvalue weighted by atomic mass is 127. The van der Waals surface area contributed by atoms with Crippen LogP contribution in [0.2, 0.25) is 0 Å². The lowest BCUT2D eigenvalue weighted by molar-refractivity contribution is 0.102. The molecule has 1 aromatic heterocycles. The second-order valence-electron chi connectivity index (χ2n) is 3.88. The molecule has 5 heteroatoms. The van der Waals surface area contributed by atoms with E-state index in [2.05, 4.69) is 37.9 Å². The minimum Gasteiger partial charge on any atom is -0.322 e. The number of halogens is 1. The number of hydrogen-bond donors (Lipinski definition) is 1. The zero-order valence-corrected chi connectivity index (χ0v) is 12.2.